The third-order valence-electron chi connectivity index (χ3n) is 4.13. The van der Waals surface area contributed by atoms with E-state index in [0.717, 1.165) is 22.8 Å². The summed E-state index contributed by atoms with van der Waals surface area (Å²) in [7, 11) is 5.94. The Hall–Kier alpha value is -1.77. The number of thiophene rings is 1. The third-order valence-corrected chi connectivity index (χ3v) is 4.99. The third kappa shape index (κ3) is 3.66. The van der Waals surface area contributed by atoms with Crippen LogP contribution in [0, 0.1) is 0 Å². The second-order valence-electron chi connectivity index (χ2n) is 6.28. The van der Waals surface area contributed by atoms with E-state index >= 15 is 0 Å². The molecule has 1 aliphatic rings. The van der Waals surface area contributed by atoms with Crippen molar-refractivity contribution in [3.63, 3.8) is 0 Å². The van der Waals surface area contributed by atoms with Gasteiger partial charge in [0.1, 0.15) is 5.69 Å². The normalized spacial score (nSPS) is 17.3. The summed E-state index contributed by atoms with van der Waals surface area (Å²) in [6, 6.07) is 3.76. The molecular formula is C16H23N5O2S. The summed E-state index contributed by atoms with van der Waals surface area (Å²) >= 11 is 1.47. The van der Waals surface area contributed by atoms with E-state index in [1.54, 1.807) is 0 Å². The molecular weight excluding hydrogens is 326 g/mol. The van der Waals surface area contributed by atoms with Gasteiger partial charge in [0.25, 0.3) is 5.91 Å². The van der Waals surface area contributed by atoms with Crippen LogP contribution in [0.2, 0.25) is 0 Å². The van der Waals surface area contributed by atoms with Crippen molar-refractivity contribution in [3.05, 3.63) is 33.8 Å². The molecule has 3 heterocycles. The highest BCUT2D eigenvalue weighted by Crippen LogP contribution is 2.28. The van der Waals surface area contributed by atoms with E-state index < -0.39 is 0 Å². The first-order valence-corrected chi connectivity index (χ1v) is 8.88. The second-order valence-corrected chi connectivity index (χ2v) is 7.23. The molecule has 0 spiro atoms. The van der Waals surface area contributed by atoms with Gasteiger partial charge in [-0.15, -0.1) is 16.4 Å². The summed E-state index contributed by atoms with van der Waals surface area (Å²) in [5.41, 5.74) is 1.95. The molecule has 0 bridgehead atoms. The molecule has 0 aliphatic carbocycles. The van der Waals surface area contributed by atoms with Crippen LogP contribution in [0.15, 0.2) is 17.5 Å². The Morgan fingerprint density at radius 2 is 2.33 bits per heavy atom. The van der Waals surface area contributed by atoms with Gasteiger partial charge in [-0.2, -0.15) is 0 Å². The maximum atomic E-state index is 12.7. The number of rotatable bonds is 6. The number of aromatic nitrogens is 3. The number of carbonyl (C=O) groups is 1. The van der Waals surface area contributed by atoms with Gasteiger partial charge < -0.3 is 14.5 Å². The first kappa shape index (κ1) is 17.1. The Morgan fingerprint density at radius 1 is 1.50 bits per heavy atom. The molecule has 0 saturated heterocycles. The van der Waals surface area contributed by atoms with Gasteiger partial charge in [0.15, 0.2) is 0 Å². The van der Waals surface area contributed by atoms with E-state index in [1.165, 1.54) is 11.3 Å². The molecule has 0 fully saturated rings. The van der Waals surface area contributed by atoms with Crippen LogP contribution in [0.3, 0.4) is 0 Å². The number of hydrogen-bond acceptors (Lipinski definition) is 6. The molecule has 7 nitrogen and oxygen atoms in total. The number of amides is 1. The van der Waals surface area contributed by atoms with Crippen molar-refractivity contribution >= 4 is 17.2 Å². The van der Waals surface area contributed by atoms with E-state index in [1.807, 2.05) is 48.2 Å². The van der Waals surface area contributed by atoms with E-state index in [4.69, 9.17) is 4.74 Å². The van der Waals surface area contributed by atoms with Crippen molar-refractivity contribution in [3.8, 4) is 0 Å². The minimum absolute atomic E-state index is 0.0552. The molecule has 130 valence electrons. The van der Waals surface area contributed by atoms with Crippen molar-refractivity contribution in [2.45, 2.75) is 12.5 Å². The molecule has 0 aromatic carbocycles. The quantitative estimate of drug-likeness (QED) is 0.733. The number of ether oxygens (including phenoxy) is 1. The molecule has 24 heavy (non-hydrogen) atoms. The van der Waals surface area contributed by atoms with E-state index in [0.29, 0.717) is 26.3 Å². The minimum Gasteiger partial charge on any atom is -0.379 e. The zero-order valence-corrected chi connectivity index (χ0v) is 15.1. The van der Waals surface area contributed by atoms with Crippen LogP contribution < -0.4 is 0 Å². The highest BCUT2D eigenvalue weighted by Gasteiger charge is 2.33. The first-order chi connectivity index (χ1) is 11.6. The lowest BCUT2D eigenvalue weighted by molar-refractivity contribution is 0.0617. The molecule has 3 rings (SSSR count). The van der Waals surface area contributed by atoms with Crippen molar-refractivity contribution in [1.29, 1.82) is 0 Å². The maximum absolute atomic E-state index is 12.7. The van der Waals surface area contributed by atoms with Gasteiger partial charge in [0, 0.05) is 26.1 Å². The Bertz CT molecular complexity index is 683. The fourth-order valence-corrected chi connectivity index (χ4v) is 3.62. The van der Waals surface area contributed by atoms with Crippen LogP contribution >= 0.6 is 11.3 Å². The lowest BCUT2D eigenvalue weighted by atomic mass is 9.99. The molecule has 0 radical (unpaired) electrons. The standard InChI is InChI=1S/C16H23N5O2S/c1-19(2)6-7-23-11-12-9-21(16(22)14-5-4-8-24-14)10-13-15(12)20(3)18-17-13/h4-5,8,12H,6-7,9-11H2,1-3H3/t12-/m0/s1. The highest BCUT2D eigenvalue weighted by molar-refractivity contribution is 7.12. The molecule has 1 aliphatic heterocycles. The van der Waals surface area contributed by atoms with Gasteiger partial charge >= 0.3 is 0 Å². The molecule has 1 atom stereocenters. The molecule has 2 aromatic rings. The number of hydrogen-bond donors (Lipinski definition) is 0. The summed E-state index contributed by atoms with van der Waals surface area (Å²) in [6.07, 6.45) is 0. The van der Waals surface area contributed by atoms with Crippen LogP contribution in [-0.2, 0) is 18.3 Å². The van der Waals surface area contributed by atoms with Crippen LogP contribution in [-0.4, -0.2) is 71.1 Å². The monoisotopic (exact) mass is 349 g/mol. The van der Waals surface area contributed by atoms with Gasteiger partial charge in [-0.05, 0) is 25.5 Å². The van der Waals surface area contributed by atoms with Crippen molar-refractivity contribution in [1.82, 2.24) is 24.8 Å². The first-order valence-electron chi connectivity index (χ1n) is 8.00. The zero-order valence-electron chi connectivity index (χ0n) is 14.3. The molecule has 0 unspecified atom stereocenters. The Labute approximate surface area is 145 Å². The molecule has 2 aromatic heterocycles. The number of aryl methyl sites for hydroxylation is 1. The molecule has 0 N–H and O–H groups in total. The summed E-state index contributed by atoms with van der Waals surface area (Å²) in [6.45, 7) is 3.25. The Morgan fingerprint density at radius 3 is 3.04 bits per heavy atom. The zero-order chi connectivity index (χ0) is 17.1. The van der Waals surface area contributed by atoms with Crippen LogP contribution in [0.1, 0.15) is 27.0 Å². The predicted molar refractivity (Wildman–Crippen MR) is 92.2 cm³/mol. The molecule has 1 amide bonds. The molecule has 8 heteroatoms. The average Bonchev–Trinajstić information content (AvgIpc) is 3.21. The number of nitrogens with zero attached hydrogens (tertiary/aromatic N) is 5. The summed E-state index contributed by atoms with van der Waals surface area (Å²) in [5, 5.41) is 10.3. The fraction of sp³-hybridized carbons (Fsp3) is 0.562. The van der Waals surface area contributed by atoms with E-state index in [-0.39, 0.29) is 11.8 Å². The van der Waals surface area contributed by atoms with Gasteiger partial charge in [-0.25, -0.2) is 0 Å². The van der Waals surface area contributed by atoms with Gasteiger partial charge in [0.05, 0.1) is 30.3 Å². The van der Waals surface area contributed by atoms with Crippen LogP contribution in [0.5, 0.6) is 0 Å². The summed E-state index contributed by atoms with van der Waals surface area (Å²) in [5.74, 6) is 0.152. The van der Waals surface area contributed by atoms with Crippen molar-refractivity contribution in [2.24, 2.45) is 7.05 Å². The van der Waals surface area contributed by atoms with E-state index in [9.17, 15) is 4.79 Å². The topological polar surface area (TPSA) is 63.5 Å². The maximum Gasteiger partial charge on any atom is 0.264 e. The predicted octanol–water partition coefficient (Wildman–Crippen LogP) is 1.19. The number of carbonyl (C=O) groups excluding carboxylic acids is 1. The van der Waals surface area contributed by atoms with Gasteiger partial charge in [0.2, 0.25) is 0 Å². The minimum atomic E-state index is 0.0552. The largest absolute Gasteiger partial charge is 0.379 e. The Balaban J connectivity index is 1.72. The van der Waals surface area contributed by atoms with Crippen LogP contribution in [0.25, 0.3) is 0 Å². The fourth-order valence-electron chi connectivity index (χ4n) is 2.93. The Kier molecular flexibility index (Phi) is 5.27. The highest BCUT2D eigenvalue weighted by atomic mass is 32.1. The van der Waals surface area contributed by atoms with Crippen LogP contribution in [0.4, 0.5) is 0 Å². The van der Waals surface area contributed by atoms with Crippen molar-refractivity contribution in [2.75, 3.05) is 40.4 Å². The lowest BCUT2D eigenvalue weighted by Gasteiger charge is -2.32. The smallest absolute Gasteiger partial charge is 0.264 e. The van der Waals surface area contributed by atoms with E-state index in [2.05, 4.69) is 15.2 Å². The second kappa shape index (κ2) is 7.42. The summed E-state index contributed by atoms with van der Waals surface area (Å²) in [4.78, 5) is 17.4. The lowest BCUT2D eigenvalue weighted by Crippen LogP contribution is -2.40. The number of likely N-dealkylation sites (N-methyl/N-ethyl adjacent to an activating group) is 1. The average molecular weight is 349 g/mol. The molecule has 0 saturated carbocycles. The number of fused-ring (bicyclic) bond motifs is 1. The summed E-state index contributed by atoms with van der Waals surface area (Å²) < 4.78 is 7.65. The van der Waals surface area contributed by atoms with Gasteiger partial charge in [-0.1, -0.05) is 11.3 Å². The van der Waals surface area contributed by atoms with Gasteiger partial charge in [-0.3, -0.25) is 9.48 Å². The van der Waals surface area contributed by atoms with Crippen molar-refractivity contribution < 1.29 is 9.53 Å². The SMILES string of the molecule is CN(C)CCOC[C@@H]1CN(C(=O)c2cccs2)Cc2nnn(C)c21.